The zero-order chi connectivity index (χ0) is 16.5. The minimum absolute atomic E-state index is 0.0260. The normalized spacial score (nSPS) is 16.5. The van der Waals surface area contributed by atoms with Crippen molar-refractivity contribution >= 4 is 39.9 Å². The van der Waals surface area contributed by atoms with Crippen molar-refractivity contribution < 1.29 is 9.53 Å². The Labute approximate surface area is 147 Å². The fourth-order valence-corrected chi connectivity index (χ4v) is 3.73. The first-order chi connectivity index (χ1) is 11.7. The molecule has 1 N–H and O–H groups in total. The van der Waals surface area contributed by atoms with Gasteiger partial charge in [0.1, 0.15) is 11.9 Å². The zero-order valence-electron chi connectivity index (χ0n) is 12.6. The molecule has 1 aliphatic rings. The molecule has 4 rings (SSSR count). The van der Waals surface area contributed by atoms with Gasteiger partial charge < -0.3 is 10.1 Å². The monoisotopic (exact) mass is 359 g/mol. The number of para-hydroxylation sites is 1. The highest BCUT2D eigenvalue weighted by atomic mass is 35.5. The molecule has 0 spiro atoms. The number of amides is 1. The number of hydrogen-bond donors (Lipinski definition) is 1. The summed E-state index contributed by atoms with van der Waals surface area (Å²) in [5.41, 5.74) is 1.88. The van der Waals surface area contributed by atoms with Gasteiger partial charge in [0.05, 0.1) is 12.2 Å². The summed E-state index contributed by atoms with van der Waals surface area (Å²) in [4.78, 5) is 17.1. The van der Waals surface area contributed by atoms with Crippen molar-refractivity contribution in [1.29, 1.82) is 0 Å². The lowest BCUT2D eigenvalue weighted by Gasteiger charge is -2.10. The molecule has 122 valence electrons. The molecular weight excluding hydrogens is 346 g/mol. The van der Waals surface area contributed by atoms with Crippen molar-refractivity contribution in [1.82, 2.24) is 14.7 Å². The lowest BCUT2D eigenvalue weighted by atomic mass is 10.1. The van der Waals surface area contributed by atoms with E-state index in [2.05, 4.69) is 10.3 Å². The average molecular weight is 360 g/mol. The summed E-state index contributed by atoms with van der Waals surface area (Å²) in [6.45, 7) is 0.464. The van der Waals surface area contributed by atoms with Crippen molar-refractivity contribution in [2.24, 2.45) is 0 Å². The van der Waals surface area contributed by atoms with Gasteiger partial charge in [0, 0.05) is 24.1 Å². The molecule has 2 aromatic heterocycles. The Balaban J connectivity index is 1.36. The third kappa shape index (κ3) is 2.90. The third-order valence-electron chi connectivity index (χ3n) is 3.86. The van der Waals surface area contributed by atoms with Crippen molar-refractivity contribution in [3.05, 3.63) is 58.3 Å². The van der Waals surface area contributed by atoms with Gasteiger partial charge in [0.15, 0.2) is 10.1 Å². The van der Waals surface area contributed by atoms with Crippen LogP contribution in [-0.4, -0.2) is 27.9 Å². The molecule has 1 aliphatic heterocycles. The van der Waals surface area contributed by atoms with Crippen LogP contribution in [0.2, 0.25) is 5.15 Å². The summed E-state index contributed by atoms with van der Waals surface area (Å²) < 4.78 is 7.66. The summed E-state index contributed by atoms with van der Waals surface area (Å²) in [7, 11) is 0. The molecule has 24 heavy (non-hydrogen) atoms. The van der Waals surface area contributed by atoms with E-state index in [1.807, 2.05) is 40.2 Å². The Morgan fingerprint density at radius 2 is 2.38 bits per heavy atom. The van der Waals surface area contributed by atoms with Crippen molar-refractivity contribution in [3.8, 4) is 5.75 Å². The van der Waals surface area contributed by atoms with E-state index in [0.29, 0.717) is 17.4 Å². The zero-order valence-corrected chi connectivity index (χ0v) is 14.2. The van der Waals surface area contributed by atoms with Crippen LogP contribution in [0.5, 0.6) is 5.75 Å². The quantitative estimate of drug-likeness (QED) is 0.728. The molecule has 0 bridgehead atoms. The Kier molecular flexibility index (Phi) is 4.00. The smallest absolute Gasteiger partial charge is 0.244 e. The van der Waals surface area contributed by atoms with E-state index in [1.165, 1.54) is 23.0 Å². The molecule has 3 heterocycles. The average Bonchev–Trinajstić information content (AvgIpc) is 3.25. The van der Waals surface area contributed by atoms with Crippen LogP contribution in [0.25, 0.3) is 11.0 Å². The van der Waals surface area contributed by atoms with Crippen LogP contribution in [0.1, 0.15) is 11.3 Å². The maximum Gasteiger partial charge on any atom is 0.244 e. The number of halogens is 1. The molecule has 1 aromatic carbocycles. The SMILES string of the molecule is O=C(/C=C/c1c(Cl)nc2sccn12)NCC1Cc2ccccc2O1. The predicted molar refractivity (Wildman–Crippen MR) is 94.7 cm³/mol. The number of aromatic nitrogens is 2. The summed E-state index contributed by atoms with van der Waals surface area (Å²) in [6, 6.07) is 7.94. The van der Waals surface area contributed by atoms with Crippen LogP contribution >= 0.6 is 22.9 Å². The highest BCUT2D eigenvalue weighted by Crippen LogP contribution is 2.27. The largest absolute Gasteiger partial charge is 0.488 e. The molecule has 1 amide bonds. The summed E-state index contributed by atoms with van der Waals surface area (Å²) >= 11 is 7.59. The van der Waals surface area contributed by atoms with Gasteiger partial charge in [-0.05, 0) is 17.7 Å². The first-order valence-corrected chi connectivity index (χ1v) is 8.78. The molecule has 0 fully saturated rings. The molecule has 1 atom stereocenters. The van der Waals surface area contributed by atoms with E-state index in [1.54, 1.807) is 6.08 Å². The molecule has 3 aromatic rings. The maximum atomic E-state index is 12.0. The van der Waals surface area contributed by atoms with Crippen LogP contribution in [0.15, 0.2) is 41.9 Å². The van der Waals surface area contributed by atoms with E-state index < -0.39 is 0 Å². The highest BCUT2D eigenvalue weighted by Gasteiger charge is 2.22. The van der Waals surface area contributed by atoms with Gasteiger partial charge in [-0.15, -0.1) is 11.3 Å². The molecule has 7 heteroatoms. The lowest BCUT2D eigenvalue weighted by Crippen LogP contribution is -2.33. The van der Waals surface area contributed by atoms with Gasteiger partial charge >= 0.3 is 0 Å². The molecule has 1 unspecified atom stereocenters. The number of rotatable bonds is 4. The third-order valence-corrected chi connectivity index (χ3v) is 4.90. The predicted octanol–water partition coefficient (Wildman–Crippen LogP) is 3.18. The summed E-state index contributed by atoms with van der Waals surface area (Å²) in [5, 5.41) is 5.17. The first-order valence-electron chi connectivity index (χ1n) is 7.52. The number of nitrogens with zero attached hydrogens (tertiary/aromatic N) is 2. The van der Waals surface area contributed by atoms with E-state index in [9.17, 15) is 4.79 Å². The number of fused-ring (bicyclic) bond motifs is 2. The topological polar surface area (TPSA) is 55.6 Å². The van der Waals surface area contributed by atoms with Crippen molar-refractivity contribution in [3.63, 3.8) is 0 Å². The fraction of sp³-hybridized carbons (Fsp3) is 0.176. The highest BCUT2D eigenvalue weighted by molar-refractivity contribution is 7.15. The van der Waals surface area contributed by atoms with Crippen LogP contribution in [0.3, 0.4) is 0 Å². The van der Waals surface area contributed by atoms with Gasteiger partial charge in [-0.25, -0.2) is 4.98 Å². The van der Waals surface area contributed by atoms with Crippen LogP contribution in [0, 0.1) is 0 Å². The van der Waals surface area contributed by atoms with E-state index in [-0.39, 0.29) is 12.0 Å². The second-order valence-corrected chi connectivity index (χ2v) is 6.70. The van der Waals surface area contributed by atoms with Crippen LogP contribution < -0.4 is 10.1 Å². The van der Waals surface area contributed by atoms with E-state index in [4.69, 9.17) is 16.3 Å². The Morgan fingerprint density at radius 3 is 3.25 bits per heavy atom. The van der Waals surface area contributed by atoms with Gasteiger partial charge in [-0.3, -0.25) is 9.20 Å². The summed E-state index contributed by atoms with van der Waals surface area (Å²) in [5.74, 6) is 0.717. The molecular formula is C17H14ClN3O2S. The number of benzene rings is 1. The number of carbonyl (C=O) groups is 1. The van der Waals surface area contributed by atoms with Gasteiger partial charge in [-0.1, -0.05) is 29.8 Å². The lowest BCUT2D eigenvalue weighted by molar-refractivity contribution is -0.116. The Hall–Kier alpha value is -2.31. The van der Waals surface area contributed by atoms with Gasteiger partial charge in [0.2, 0.25) is 5.91 Å². The Bertz CT molecular complexity index is 906. The maximum absolute atomic E-state index is 12.0. The number of nitrogens with one attached hydrogen (secondary N) is 1. The number of carbonyl (C=O) groups excluding carboxylic acids is 1. The Morgan fingerprint density at radius 1 is 1.50 bits per heavy atom. The standard InChI is InChI=1S/C17H14ClN3O2S/c18-16-13(21-7-8-24-17(21)20-16)5-6-15(22)19-10-12-9-11-3-1-2-4-14(11)23-12/h1-8,12H,9-10H2,(H,19,22)/b6-5+. The van der Waals surface area contributed by atoms with Crippen molar-refractivity contribution in [2.75, 3.05) is 6.54 Å². The number of thiazole rings is 1. The molecule has 0 radical (unpaired) electrons. The van der Waals surface area contributed by atoms with Gasteiger partial charge in [0.25, 0.3) is 0 Å². The van der Waals surface area contributed by atoms with E-state index >= 15 is 0 Å². The number of hydrogen-bond acceptors (Lipinski definition) is 4. The molecule has 0 aliphatic carbocycles. The second kappa shape index (κ2) is 6.30. The fourth-order valence-electron chi connectivity index (χ4n) is 2.72. The summed E-state index contributed by atoms with van der Waals surface area (Å²) in [6.07, 6.45) is 5.80. The van der Waals surface area contributed by atoms with Gasteiger partial charge in [-0.2, -0.15) is 0 Å². The van der Waals surface area contributed by atoms with Crippen LogP contribution in [0.4, 0.5) is 0 Å². The minimum Gasteiger partial charge on any atom is -0.488 e. The molecule has 0 saturated carbocycles. The second-order valence-electron chi connectivity index (χ2n) is 5.47. The number of imidazole rings is 1. The van der Waals surface area contributed by atoms with E-state index in [0.717, 1.165) is 17.1 Å². The van der Waals surface area contributed by atoms with Crippen LogP contribution in [-0.2, 0) is 11.2 Å². The minimum atomic E-state index is -0.184. The number of ether oxygens (including phenoxy) is 1. The van der Waals surface area contributed by atoms with Crippen molar-refractivity contribution in [2.45, 2.75) is 12.5 Å². The molecule has 0 saturated heterocycles. The molecule has 5 nitrogen and oxygen atoms in total. The first kappa shape index (κ1) is 15.2.